The van der Waals surface area contributed by atoms with Crippen LogP contribution in [0.3, 0.4) is 0 Å². The zero-order chi connectivity index (χ0) is 20.8. The Kier molecular flexibility index (Phi) is 6.19. The lowest BCUT2D eigenvalue weighted by Crippen LogP contribution is -2.14. The number of carbonyl (C=O) groups is 2. The summed E-state index contributed by atoms with van der Waals surface area (Å²) in [6.07, 6.45) is 0. The summed E-state index contributed by atoms with van der Waals surface area (Å²) in [4.78, 5) is 24.5. The second-order valence-electron chi connectivity index (χ2n) is 6.10. The minimum absolute atomic E-state index is 0.139. The highest BCUT2D eigenvalue weighted by atomic mass is 19.1. The standard InChI is InChI=1S/C22H18F2N2O3/c1-2-29-20-9-7-19(8-10-20)25-21(27)14-3-5-18(6-4-14)26-22(28)15-11-16(23)13-17(24)12-15/h3-13H,2H2,1H3,(H,25,27)(H,26,28). The van der Waals surface area contributed by atoms with Gasteiger partial charge in [0, 0.05) is 28.6 Å². The first-order valence-electron chi connectivity index (χ1n) is 8.86. The number of anilines is 2. The van der Waals surface area contributed by atoms with Gasteiger partial charge < -0.3 is 15.4 Å². The molecule has 3 rings (SSSR count). The number of ether oxygens (including phenoxy) is 1. The molecular weight excluding hydrogens is 378 g/mol. The smallest absolute Gasteiger partial charge is 0.255 e. The Balaban J connectivity index is 1.63. The number of nitrogens with one attached hydrogen (secondary N) is 2. The van der Waals surface area contributed by atoms with Crippen molar-refractivity contribution in [1.29, 1.82) is 0 Å². The average molecular weight is 396 g/mol. The molecule has 2 N–H and O–H groups in total. The first-order valence-corrected chi connectivity index (χ1v) is 8.86. The molecule has 0 bridgehead atoms. The number of rotatable bonds is 6. The fraction of sp³-hybridized carbons (Fsp3) is 0.0909. The van der Waals surface area contributed by atoms with Gasteiger partial charge in [-0.2, -0.15) is 0 Å². The maximum absolute atomic E-state index is 13.2. The van der Waals surface area contributed by atoms with Crippen molar-refractivity contribution in [2.75, 3.05) is 17.2 Å². The van der Waals surface area contributed by atoms with Crippen molar-refractivity contribution in [1.82, 2.24) is 0 Å². The largest absolute Gasteiger partial charge is 0.494 e. The minimum Gasteiger partial charge on any atom is -0.494 e. The van der Waals surface area contributed by atoms with E-state index < -0.39 is 17.5 Å². The van der Waals surface area contributed by atoms with Gasteiger partial charge in [0.15, 0.2) is 0 Å². The quantitative estimate of drug-likeness (QED) is 0.625. The summed E-state index contributed by atoms with van der Waals surface area (Å²) in [6, 6.07) is 15.7. The van der Waals surface area contributed by atoms with Crippen LogP contribution in [-0.2, 0) is 0 Å². The molecule has 29 heavy (non-hydrogen) atoms. The highest BCUT2D eigenvalue weighted by molar-refractivity contribution is 6.06. The molecule has 2 amide bonds. The van der Waals surface area contributed by atoms with Crippen LogP contribution >= 0.6 is 0 Å². The van der Waals surface area contributed by atoms with Crippen molar-refractivity contribution >= 4 is 23.2 Å². The van der Waals surface area contributed by atoms with E-state index in [2.05, 4.69) is 10.6 Å². The molecule has 5 nitrogen and oxygen atoms in total. The normalized spacial score (nSPS) is 10.3. The SMILES string of the molecule is CCOc1ccc(NC(=O)c2ccc(NC(=O)c3cc(F)cc(F)c3)cc2)cc1. The van der Waals surface area contributed by atoms with Gasteiger partial charge in [-0.05, 0) is 67.6 Å². The first kappa shape index (κ1) is 20.0. The number of carbonyl (C=O) groups excluding carboxylic acids is 2. The van der Waals surface area contributed by atoms with E-state index in [1.54, 1.807) is 24.3 Å². The van der Waals surface area contributed by atoms with Gasteiger partial charge in [0.25, 0.3) is 11.8 Å². The molecule has 0 heterocycles. The van der Waals surface area contributed by atoms with Crippen LogP contribution in [0.25, 0.3) is 0 Å². The Morgan fingerprint density at radius 3 is 1.76 bits per heavy atom. The van der Waals surface area contributed by atoms with E-state index in [-0.39, 0.29) is 11.5 Å². The van der Waals surface area contributed by atoms with Crippen LogP contribution in [0.4, 0.5) is 20.2 Å². The third-order valence-corrected chi connectivity index (χ3v) is 3.95. The molecule has 0 radical (unpaired) electrons. The van der Waals surface area contributed by atoms with Gasteiger partial charge >= 0.3 is 0 Å². The summed E-state index contributed by atoms with van der Waals surface area (Å²) in [6.45, 7) is 2.45. The predicted octanol–water partition coefficient (Wildman–Crippen LogP) is 4.87. The molecule has 0 saturated carbocycles. The number of benzene rings is 3. The van der Waals surface area contributed by atoms with Crippen LogP contribution in [-0.4, -0.2) is 18.4 Å². The van der Waals surface area contributed by atoms with E-state index in [0.717, 1.165) is 12.1 Å². The maximum atomic E-state index is 13.2. The van der Waals surface area contributed by atoms with Gasteiger partial charge in [-0.3, -0.25) is 9.59 Å². The molecule has 0 saturated heterocycles. The molecule has 0 aromatic heterocycles. The van der Waals surface area contributed by atoms with E-state index in [1.807, 2.05) is 6.92 Å². The molecule has 0 aliphatic rings. The Hall–Kier alpha value is -3.74. The molecular formula is C22H18F2N2O3. The minimum atomic E-state index is -0.837. The van der Waals surface area contributed by atoms with Gasteiger partial charge in [0.2, 0.25) is 0 Å². The number of halogens is 2. The van der Waals surface area contributed by atoms with E-state index in [1.165, 1.54) is 24.3 Å². The van der Waals surface area contributed by atoms with Crippen molar-refractivity contribution in [3.8, 4) is 5.75 Å². The summed E-state index contributed by atoms with van der Waals surface area (Å²) >= 11 is 0. The molecule has 0 spiro atoms. The van der Waals surface area contributed by atoms with E-state index >= 15 is 0 Å². The number of amides is 2. The summed E-state index contributed by atoms with van der Waals surface area (Å²) in [5.74, 6) is -1.94. The molecule has 0 unspecified atom stereocenters. The average Bonchev–Trinajstić information content (AvgIpc) is 2.69. The topological polar surface area (TPSA) is 67.4 Å². The lowest BCUT2D eigenvalue weighted by Gasteiger charge is -2.09. The van der Waals surface area contributed by atoms with Gasteiger partial charge in [0.1, 0.15) is 17.4 Å². The second-order valence-corrected chi connectivity index (χ2v) is 6.10. The molecule has 0 atom stereocenters. The monoisotopic (exact) mass is 396 g/mol. The fourth-order valence-electron chi connectivity index (χ4n) is 2.60. The first-order chi connectivity index (χ1) is 13.9. The molecule has 0 fully saturated rings. The van der Waals surface area contributed by atoms with Crippen LogP contribution in [0.15, 0.2) is 66.7 Å². The fourth-order valence-corrected chi connectivity index (χ4v) is 2.60. The van der Waals surface area contributed by atoms with E-state index in [9.17, 15) is 18.4 Å². The Labute approximate surface area is 166 Å². The maximum Gasteiger partial charge on any atom is 0.255 e. The zero-order valence-corrected chi connectivity index (χ0v) is 15.5. The summed E-state index contributed by atoms with van der Waals surface area (Å²) in [7, 11) is 0. The van der Waals surface area contributed by atoms with Crippen LogP contribution in [0, 0.1) is 11.6 Å². The molecule has 0 aliphatic heterocycles. The van der Waals surface area contributed by atoms with Gasteiger partial charge in [0.05, 0.1) is 6.61 Å². The second kappa shape index (κ2) is 8.97. The van der Waals surface area contributed by atoms with E-state index in [4.69, 9.17) is 4.74 Å². The Morgan fingerprint density at radius 2 is 1.24 bits per heavy atom. The molecule has 7 heteroatoms. The van der Waals surface area contributed by atoms with E-state index in [0.29, 0.717) is 35.4 Å². The predicted molar refractivity (Wildman–Crippen MR) is 106 cm³/mol. The van der Waals surface area contributed by atoms with Crippen molar-refractivity contribution in [2.24, 2.45) is 0 Å². The van der Waals surface area contributed by atoms with Crippen molar-refractivity contribution in [3.63, 3.8) is 0 Å². The lowest BCUT2D eigenvalue weighted by atomic mass is 10.1. The van der Waals surface area contributed by atoms with Gasteiger partial charge in [-0.15, -0.1) is 0 Å². The van der Waals surface area contributed by atoms with Crippen molar-refractivity contribution < 1.29 is 23.1 Å². The Bertz CT molecular complexity index is 999. The molecule has 148 valence electrons. The summed E-state index contributed by atoms with van der Waals surface area (Å²) in [5, 5.41) is 5.29. The van der Waals surface area contributed by atoms with Crippen LogP contribution in [0.2, 0.25) is 0 Å². The van der Waals surface area contributed by atoms with Crippen molar-refractivity contribution in [3.05, 3.63) is 89.5 Å². The third-order valence-electron chi connectivity index (χ3n) is 3.95. The zero-order valence-electron chi connectivity index (χ0n) is 15.5. The highest BCUT2D eigenvalue weighted by Gasteiger charge is 2.11. The number of hydrogen-bond acceptors (Lipinski definition) is 3. The third kappa shape index (κ3) is 5.38. The number of hydrogen-bond donors (Lipinski definition) is 2. The highest BCUT2D eigenvalue weighted by Crippen LogP contribution is 2.18. The lowest BCUT2D eigenvalue weighted by molar-refractivity contribution is 0.101. The molecule has 0 aliphatic carbocycles. The van der Waals surface area contributed by atoms with Gasteiger partial charge in [-0.25, -0.2) is 8.78 Å². The van der Waals surface area contributed by atoms with Crippen LogP contribution < -0.4 is 15.4 Å². The van der Waals surface area contributed by atoms with Gasteiger partial charge in [-0.1, -0.05) is 0 Å². The molecule has 3 aromatic rings. The van der Waals surface area contributed by atoms with Crippen molar-refractivity contribution in [2.45, 2.75) is 6.92 Å². The Morgan fingerprint density at radius 1 is 0.759 bits per heavy atom. The summed E-state index contributed by atoms with van der Waals surface area (Å²) < 4.78 is 31.8. The summed E-state index contributed by atoms with van der Waals surface area (Å²) in [5.41, 5.74) is 1.25. The molecule has 3 aromatic carbocycles. The van der Waals surface area contributed by atoms with Crippen LogP contribution in [0.5, 0.6) is 5.75 Å². The van der Waals surface area contributed by atoms with Crippen LogP contribution in [0.1, 0.15) is 27.6 Å².